The molecule has 1 atom stereocenters. The molecular weight excluding hydrogens is 198 g/mol. The summed E-state index contributed by atoms with van der Waals surface area (Å²) in [5.41, 5.74) is 7.18. The van der Waals surface area contributed by atoms with E-state index in [2.05, 4.69) is 0 Å². The maximum Gasteiger partial charge on any atom is 0.140 e. The zero-order chi connectivity index (χ0) is 10.1. The van der Waals surface area contributed by atoms with Crippen LogP contribution in [-0.4, -0.2) is 5.78 Å². The molecule has 3 heteroatoms. The van der Waals surface area contributed by atoms with Crippen molar-refractivity contribution in [2.45, 2.75) is 25.2 Å². The van der Waals surface area contributed by atoms with Crippen molar-refractivity contribution in [3.8, 4) is 0 Å². The van der Waals surface area contributed by atoms with Crippen LogP contribution in [0.25, 0.3) is 0 Å². The quantitative estimate of drug-likeness (QED) is 0.723. The van der Waals surface area contributed by atoms with Gasteiger partial charge in [-0.2, -0.15) is 0 Å². The second-order valence-electron chi connectivity index (χ2n) is 3.69. The van der Waals surface area contributed by atoms with Gasteiger partial charge >= 0.3 is 0 Å². The van der Waals surface area contributed by atoms with E-state index in [9.17, 15) is 4.79 Å². The largest absolute Gasteiger partial charge is 0.398 e. The lowest BCUT2D eigenvalue weighted by Crippen LogP contribution is -2.04. The Morgan fingerprint density at radius 3 is 2.79 bits per heavy atom. The summed E-state index contributed by atoms with van der Waals surface area (Å²) >= 11 is 5.90. The van der Waals surface area contributed by atoms with Gasteiger partial charge in [0.25, 0.3) is 0 Å². The van der Waals surface area contributed by atoms with Crippen LogP contribution in [0.4, 0.5) is 5.69 Å². The molecule has 0 heterocycles. The van der Waals surface area contributed by atoms with Crippen molar-refractivity contribution in [3.63, 3.8) is 0 Å². The first-order valence-electron chi connectivity index (χ1n) is 4.76. The summed E-state index contributed by atoms with van der Waals surface area (Å²) in [7, 11) is 0. The minimum atomic E-state index is 0.0492. The lowest BCUT2D eigenvalue weighted by molar-refractivity contribution is -0.118. The van der Waals surface area contributed by atoms with Crippen LogP contribution in [0, 0.1) is 0 Å². The average molecular weight is 210 g/mol. The fourth-order valence-corrected chi connectivity index (χ4v) is 2.12. The minimum Gasteiger partial charge on any atom is -0.398 e. The summed E-state index contributed by atoms with van der Waals surface area (Å²) in [6.45, 7) is 0. The number of nitrogens with two attached hydrogens (primary N) is 1. The van der Waals surface area contributed by atoms with Crippen molar-refractivity contribution < 1.29 is 4.79 Å². The minimum absolute atomic E-state index is 0.0492. The van der Waals surface area contributed by atoms with Crippen LogP contribution in [-0.2, 0) is 4.79 Å². The van der Waals surface area contributed by atoms with Gasteiger partial charge in [-0.1, -0.05) is 17.7 Å². The van der Waals surface area contributed by atoms with Crippen molar-refractivity contribution in [1.29, 1.82) is 0 Å². The molecule has 1 aliphatic rings. The highest BCUT2D eigenvalue weighted by atomic mass is 35.5. The van der Waals surface area contributed by atoms with E-state index in [4.69, 9.17) is 17.3 Å². The van der Waals surface area contributed by atoms with Gasteiger partial charge in [-0.05, 0) is 30.5 Å². The summed E-state index contributed by atoms with van der Waals surface area (Å²) < 4.78 is 0. The van der Waals surface area contributed by atoms with Gasteiger partial charge in [0.1, 0.15) is 5.78 Å². The highest BCUT2D eigenvalue weighted by molar-refractivity contribution is 6.33. The van der Waals surface area contributed by atoms with Gasteiger partial charge in [-0.15, -0.1) is 0 Å². The first-order valence-corrected chi connectivity index (χ1v) is 5.14. The number of Topliss-reactive ketones (excluding diaryl/α,β-unsaturated/α-hetero) is 1. The molecule has 0 bridgehead atoms. The van der Waals surface area contributed by atoms with Gasteiger partial charge in [0, 0.05) is 12.3 Å². The fraction of sp³-hybridized carbons (Fsp3) is 0.364. The molecule has 2 nitrogen and oxygen atoms in total. The highest BCUT2D eigenvalue weighted by Crippen LogP contribution is 2.33. The van der Waals surface area contributed by atoms with E-state index in [0.29, 0.717) is 22.9 Å². The maximum atomic E-state index is 11.5. The Balaban J connectivity index is 2.32. The van der Waals surface area contributed by atoms with Gasteiger partial charge in [-0.25, -0.2) is 0 Å². The van der Waals surface area contributed by atoms with Gasteiger partial charge in [0.15, 0.2) is 0 Å². The van der Waals surface area contributed by atoms with Crippen molar-refractivity contribution in [2.75, 3.05) is 5.73 Å². The zero-order valence-electron chi connectivity index (χ0n) is 7.79. The number of ketones is 1. The number of benzene rings is 1. The molecule has 0 saturated heterocycles. The first kappa shape index (κ1) is 9.53. The molecule has 0 aliphatic heterocycles. The Bertz CT molecular complexity index is 376. The summed E-state index contributed by atoms with van der Waals surface area (Å²) in [5.74, 6) is 0.374. The van der Waals surface area contributed by atoms with Crippen LogP contribution in [0.1, 0.15) is 30.7 Å². The van der Waals surface area contributed by atoms with Crippen LogP contribution >= 0.6 is 11.6 Å². The molecule has 1 aromatic rings. The molecule has 0 amide bonds. The van der Waals surface area contributed by atoms with Gasteiger partial charge in [0.2, 0.25) is 0 Å². The molecule has 14 heavy (non-hydrogen) atoms. The Morgan fingerprint density at radius 2 is 2.21 bits per heavy atom. The number of hydrogen-bond donors (Lipinski definition) is 1. The van der Waals surface area contributed by atoms with Gasteiger partial charge in [-0.3, -0.25) is 4.79 Å². The van der Waals surface area contributed by atoms with Crippen LogP contribution in [0.2, 0.25) is 5.02 Å². The highest BCUT2D eigenvalue weighted by Gasteiger charge is 2.25. The predicted octanol–water partition coefficient (Wildman–Crippen LogP) is 2.76. The summed E-state index contributed by atoms with van der Waals surface area (Å²) in [6, 6.07) is 5.48. The molecule has 0 aromatic heterocycles. The topological polar surface area (TPSA) is 43.1 Å². The van der Waals surface area contributed by atoms with Crippen molar-refractivity contribution >= 4 is 23.1 Å². The molecule has 2 N–H and O–H groups in total. The molecule has 2 rings (SSSR count). The molecule has 0 radical (unpaired) electrons. The number of nitrogen functional groups attached to an aromatic ring is 1. The van der Waals surface area contributed by atoms with E-state index in [0.717, 1.165) is 18.4 Å². The van der Waals surface area contributed by atoms with Crippen molar-refractivity contribution in [3.05, 3.63) is 28.8 Å². The van der Waals surface area contributed by atoms with Crippen LogP contribution in [0.3, 0.4) is 0 Å². The molecule has 1 unspecified atom stereocenters. The van der Waals surface area contributed by atoms with Crippen LogP contribution in [0.5, 0.6) is 0 Å². The third-order valence-electron chi connectivity index (χ3n) is 2.73. The fourth-order valence-electron chi connectivity index (χ4n) is 1.93. The Labute approximate surface area is 88.1 Å². The number of carbonyl (C=O) groups excluding carboxylic acids is 1. The molecule has 1 aromatic carbocycles. The Hall–Kier alpha value is -1.02. The van der Waals surface area contributed by atoms with Gasteiger partial charge in [0.05, 0.1) is 10.7 Å². The van der Waals surface area contributed by atoms with Crippen LogP contribution < -0.4 is 5.73 Å². The lowest BCUT2D eigenvalue weighted by atomic mass is 9.97. The second-order valence-corrected chi connectivity index (χ2v) is 4.10. The zero-order valence-corrected chi connectivity index (χ0v) is 8.55. The smallest absolute Gasteiger partial charge is 0.140 e. The Kier molecular flexibility index (Phi) is 2.46. The van der Waals surface area contributed by atoms with E-state index in [1.807, 2.05) is 12.1 Å². The van der Waals surface area contributed by atoms with E-state index < -0.39 is 0 Å². The summed E-state index contributed by atoms with van der Waals surface area (Å²) in [4.78, 5) is 11.5. The number of anilines is 1. The predicted molar refractivity (Wildman–Crippen MR) is 57.5 cm³/mol. The maximum absolute atomic E-state index is 11.5. The third-order valence-corrected chi connectivity index (χ3v) is 3.06. The molecule has 1 aliphatic carbocycles. The first-order chi connectivity index (χ1) is 6.68. The lowest BCUT2D eigenvalue weighted by Gasteiger charge is -2.09. The van der Waals surface area contributed by atoms with E-state index in [1.54, 1.807) is 6.07 Å². The standard InChI is InChI=1S/C11H12ClNO/c12-9-6-7(4-5-10(9)13)8-2-1-3-11(8)14/h4-6,8H,1-3,13H2. The monoisotopic (exact) mass is 209 g/mol. The average Bonchev–Trinajstić information content (AvgIpc) is 2.57. The number of carbonyl (C=O) groups is 1. The molecular formula is C11H12ClNO. The molecule has 0 spiro atoms. The molecule has 1 saturated carbocycles. The summed E-state index contributed by atoms with van der Waals surface area (Å²) in [6.07, 6.45) is 2.64. The molecule has 1 fully saturated rings. The second kappa shape index (κ2) is 3.62. The third kappa shape index (κ3) is 1.62. The SMILES string of the molecule is Nc1ccc(C2CCCC2=O)cc1Cl. The van der Waals surface area contributed by atoms with Crippen molar-refractivity contribution in [2.24, 2.45) is 0 Å². The number of halogens is 1. The normalized spacial score (nSPS) is 21.5. The van der Waals surface area contributed by atoms with E-state index >= 15 is 0 Å². The van der Waals surface area contributed by atoms with Crippen molar-refractivity contribution in [1.82, 2.24) is 0 Å². The Morgan fingerprint density at radius 1 is 1.43 bits per heavy atom. The van der Waals surface area contributed by atoms with Crippen LogP contribution in [0.15, 0.2) is 18.2 Å². The van der Waals surface area contributed by atoms with Gasteiger partial charge < -0.3 is 5.73 Å². The number of rotatable bonds is 1. The summed E-state index contributed by atoms with van der Waals surface area (Å²) in [5, 5.41) is 0.544. The number of hydrogen-bond acceptors (Lipinski definition) is 2. The van der Waals surface area contributed by atoms with E-state index in [-0.39, 0.29) is 5.92 Å². The van der Waals surface area contributed by atoms with E-state index in [1.165, 1.54) is 0 Å². The molecule has 74 valence electrons.